The highest BCUT2D eigenvalue weighted by Gasteiger charge is 2.33. The SMILES string of the molecule is COc1cnc(C(C)(C)N)c2cc(Nc3ccc4c(n3)CC(C)(C)OC4=O)ncc12. The molecule has 0 bridgehead atoms. The van der Waals surface area contributed by atoms with Gasteiger partial charge in [-0.25, -0.2) is 14.8 Å². The number of nitrogens with two attached hydrogens (primary N) is 1. The first-order chi connectivity index (χ1) is 14.1. The predicted molar refractivity (Wildman–Crippen MR) is 114 cm³/mol. The van der Waals surface area contributed by atoms with Crippen LogP contribution in [-0.2, 0) is 16.7 Å². The van der Waals surface area contributed by atoms with Crippen LogP contribution in [0.1, 0.15) is 49.4 Å². The fourth-order valence-electron chi connectivity index (χ4n) is 3.62. The Morgan fingerprint density at radius 3 is 2.63 bits per heavy atom. The van der Waals surface area contributed by atoms with Crippen LogP contribution in [0, 0.1) is 0 Å². The van der Waals surface area contributed by atoms with Crippen LogP contribution in [0.5, 0.6) is 5.75 Å². The fraction of sp³-hybridized carbons (Fsp3) is 0.364. The van der Waals surface area contributed by atoms with Crippen LogP contribution in [0.4, 0.5) is 11.6 Å². The van der Waals surface area contributed by atoms with Gasteiger partial charge < -0.3 is 20.5 Å². The lowest BCUT2D eigenvalue weighted by molar-refractivity contribution is -0.00714. The number of esters is 1. The number of carbonyl (C=O) groups is 1. The van der Waals surface area contributed by atoms with Gasteiger partial charge in [-0.15, -0.1) is 0 Å². The summed E-state index contributed by atoms with van der Waals surface area (Å²) in [4.78, 5) is 25.8. The van der Waals surface area contributed by atoms with Gasteiger partial charge in [0.2, 0.25) is 0 Å². The van der Waals surface area contributed by atoms with Gasteiger partial charge in [0.1, 0.15) is 23.0 Å². The first kappa shape index (κ1) is 20.0. The first-order valence-corrected chi connectivity index (χ1v) is 9.70. The van der Waals surface area contributed by atoms with Gasteiger partial charge in [-0.2, -0.15) is 0 Å². The van der Waals surface area contributed by atoms with E-state index in [-0.39, 0.29) is 5.97 Å². The molecular weight excluding hydrogens is 382 g/mol. The maximum absolute atomic E-state index is 12.2. The number of pyridine rings is 3. The number of aromatic nitrogens is 3. The van der Waals surface area contributed by atoms with Gasteiger partial charge in [0.05, 0.1) is 35.8 Å². The summed E-state index contributed by atoms with van der Waals surface area (Å²) in [6.07, 6.45) is 3.93. The number of hydrogen-bond acceptors (Lipinski definition) is 8. The quantitative estimate of drug-likeness (QED) is 0.632. The molecular formula is C22H25N5O3. The highest BCUT2D eigenvalue weighted by atomic mass is 16.6. The normalized spacial score (nSPS) is 15.5. The predicted octanol–water partition coefficient (Wildman–Crippen LogP) is 3.46. The molecule has 0 aromatic carbocycles. The van der Waals surface area contributed by atoms with Crippen molar-refractivity contribution >= 4 is 28.4 Å². The summed E-state index contributed by atoms with van der Waals surface area (Å²) in [6.45, 7) is 7.55. The molecule has 3 aromatic rings. The van der Waals surface area contributed by atoms with E-state index >= 15 is 0 Å². The van der Waals surface area contributed by atoms with Gasteiger partial charge in [-0.05, 0) is 45.9 Å². The molecule has 0 saturated carbocycles. The Morgan fingerprint density at radius 2 is 1.93 bits per heavy atom. The Kier molecular flexibility index (Phi) is 4.62. The van der Waals surface area contributed by atoms with E-state index in [0.717, 1.165) is 16.5 Å². The Labute approximate surface area is 174 Å². The maximum atomic E-state index is 12.2. The second-order valence-electron chi connectivity index (χ2n) is 8.65. The zero-order chi connectivity index (χ0) is 21.7. The molecule has 0 radical (unpaired) electrons. The van der Waals surface area contributed by atoms with Crippen LogP contribution in [0.15, 0.2) is 30.6 Å². The number of ether oxygens (including phenoxy) is 2. The van der Waals surface area contributed by atoms with E-state index in [9.17, 15) is 4.79 Å². The first-order valence-electron chi connectivity index (χ1n) is 9.70. The minimum Gasteiger partial charge on any atom is -0.494 e. The molecule has 0 aliphatic carbocycles. The smallest absolute Gasteiger partial charge is 0.340 e. The van der Waals surface area contributed by atoms with E-state index in [4.69, 9.17) is 15.2 Å². The summed E-state index contributed by atoms with van der Waals surface area (Å²) < 4.78 is 10.9. The molecule has 4 rings (SSSR count). The van der Waals surface area contributed by atoms with Crippen molar-refractivity contribution in [3.05, 3.63) is 47.5 Å². The second-order valence-corrected chi connectivity index (χ2v) is 8.65. The molecule has 0 saturated heterocycles. The number of methoxy groups -OCH3 is 1. The van der Waals surface area contributed by atoms with Gasteiger partial charge >= 0.3 is 5.97 Å². The Balaban J connectivity index is 1.74. The molecule has 3 aromatic heterocycles. The van der Waals surface area contributed by atoms with Crippen molar-refractivity contribution in [2.75, 3.05) is 12.4 Å². The summed E-state index contributed by atoms with van der Waals surface area (Å²) in [5, 5.41) is 4.90. The van der Waals surface area contributed by atoms with Gasteiger partial charge in [0.15, 0.2) is 0 Å². The van der Waals surface area contributed by atoms with Crippen molar-refractivity contribution in [2.24, 2.45) is 5.73 Å². The van der Waals surface area contributed by atoms with E-state index < -0.39 is 11.1 Å². The van der Waals surface area contributed by atoms with E-state index in [0.29, 0.717) is 35.1 Å². The number of rotatable bonds is 4. The molecule has 0 atom stereocenters. The number of carbonyl (C=O) groups excluding carboxylic acids is 1. The number of anilines is 2. The van der Waals surface area contributed by atoms with Gasteiger partial charge in [0, 0.05) is 23.4 Å². The molecule has 0 amide bonds. The summed E-state index contributed by atoms with van der Waals surface area (Å²) in [5.41, 5.74) is 7.05. The molecule has 0 spiro atoms. The molecule has 30 heavy (non-hydrogen) atoms. The summed E-state index contributed by atoms with van der Waals surface area (Å²) >= 11 is 0. The largest absolute Gasteiger partial charge is 0.494 e. The molecule has 8 heteroatoms. The summed E-state index contributed by atoms with van der Waals surface area (Å²) in [5.74, 6) is 1.46. The number of nitrogens with one attached hydrogen (secondary N) is 1. The van der Waals surface area contributed by atoms with Crippen molar-refractivity contribution < 1.29 is 14.3 Å². The molecule has 4 heterocycles. The topological polar surface area (TPSA) is 112 Å². The molecule has 0 unspecified atom stereocenters. The van der Waals surface area contributed by atoms with Crippen LogP contribution in [0.3, 0.4) is 0 Å². The minimum atomic E-state index is -0.640. The monoisotopic (exact) mass is 407 g/mol. The number of fused-ring (bicyclic) bond motifs is 2. The Hall–Kier alpha value is -3.26. The van der Waals surface area contributed by atoms with Gasteiger partial charge in [-0.3, -0.25) is 4.98 Å². The second kappa shape index (κ2) is 6.91. The van der Waals surface area contributed by atoms with Crippen LogP contribution in [0.25, 0.3) is 10.8 Å². The summed E-state index contributed by atoms with van der Waals surface area (Å²) in [6, 6.07) is 5.35. The van der Waals surface area contributed by atoms with Gasteiger partial charge in [-0.1, -0.05) is 0 Å². The maximum Gasteiger partial charge on any atom is 0.340 e. The van der Waals surface area contributed by atoms with Crippen LogP contribution >= 0.6 is 0 Å². The van der Waals surface area contributed by atoms with E-state index in [1.165, 1.54) is 0 Å². The molecule has 156 valence electrons. The van der Waals surface area contributed by atoms with Crippen molar-refractivity contribution in [3.8, 4) is 5.75 Å². The van der Waals surface area contributed by atoms with Gasteiger partial charge in [0.25, 0.3) is 0 Å². The van der Waals surface area contributed by atoms with E-state index in [1.807, 2.05) is 33.8 Å². The molecule has 1 aliphatic heterocycles. The highest BCUT2D eigenvalue weighted by Crippen LogP contribution is 2.33. The highest BCUT2D eigenvalue weighted by molar-refractivity contribution is 5.93. The van der Waals surface area contributed by atoms with E-state index in [1.54, 1.807) is 31.6 Å². The molecule has 8 nitrogen and oxygen atoms in total. The molecule has 0 fully saturated rings. The van der Waals surface area contributed by atoms with Crippen molar-refractivity contribution in [2.45, 2.75) is 45.3 Å². The molecule has 3 N–H and O–H groups in total. The number of cyclic esters (lactones) is 1. The number of hydrogen-bond donors (Lipinski definition) is 2. The average Bonchev–Trinajstić information content (AvgIpc) is 2.64. The third-order valence-corrected chi connectivity index (χ3v) is 4.98. The summed E-state index contributed by atoms with van der Waals surface area (Å²) in [7, 11) is 1.60. The number of nitrogens with zero attached hydrogens (tertiary/aromatic N) is 3. The van der Waals surface area contributed by atoms with E-state index in [2.05, 4.69) is 20.3 Å². The minimum absolute atomic E-state index is 0.350. The Bertz CT molecular complexity index is 1150. The van der Waals surface area contributed by atoms with Crippen LogP contribution in [-0.4, -0.2) is 33.6 Å². The van der Waals surface area contributed by atoms with Crippen molar-refractivity contribution in [3.63, 3.8) is 0 Å². The standard InChI is InChI=1S/C22H25N5O3/c1-21(2)9-15-12(20(28)30-21)6-7-17(26-15)27-18-8-13-14(10-24-18)16(29-5)11-25-19(13)22(3,4)23/h6-8,10-11H,9,23H2,1-5H3,(H,24,26,27). The Morgan fingerprint density at radius 1 is 1.17 bits per heavy atom. The third-order valence-electron chi connectivity index (χ3n) is 4.98. The lowest BCUT2D eigenvalue weighted by Gasteiger charge is -2.30. The van der Waals surface area contributed by atoms with Crippen LogP contribution < -0.4 is 15.8 Å². The van der Waals surface area contributed by atoms with Crippen molar-refractivity contribution in [1.82, 2.24) is 15.0 Å². The fourth-order valence-corrected chi connectivity index (χ4v) is 3.62. The third kappa shape index (κ3) is 3.66. The lowest BCUT2D eigenvalue weighted by Crippen LogP contribution is -2.36. The lowest BCUT2D eigenvalue weighted by atomic mass is 9.95. The van der Waals surface area contributed by atoms with Crippen molar-refractivity contribution in [1.29, 1.82) is 0 Å². The zero-order valence-electron chi connectivity index (χ0n) is 17.7. The average molecular weight is 407 g/mol. The molecule has 1 aliphatic rings. The zero-order valence-corrected chi connectivity index (χ0v) is 17.7. The van der Waals surface area contributed by atoms with Crippen LogP contribution in [0.2, 0.25) is 0 Å².